The van der Waals surface area contributed by atoms with Gasteiger partial charge in [0.1, 0.15) is 17.6 Å². The summed E-state index contributed by atoms with van der Waals surface area (Å²) < 4.78 is 28.1. The summed E-state index contributed by atoms with van der Waals surface area (Å²) in [7, 11) is 0. The maximum Gasteiger partial charge on any atom is 0.341 e. The van der Waals surface area contributed by atoms with E-state index in [0.29, 0.717) is 0 Å². The van der Waals surface area contributed by atoms with E-state index >= 15 is 0 Å². The third kappa shape index (κ3) is 1.87. The predicted molar refractivity (Wildman–Crippen MR) is 68.7 cm³/mol. The topological polar surface area (TPSA) is 59.3 Å². The molecule has 0 unspecified atom stereocenters. The number of aromatic carboxylic acids is 1. The Kier molecular flexibility index (Phi) is 2.79. The molecule has 0 spiro atoms. The molecule has 0 saturated heterocycles. The molecule has 1 aromatic carbocycles. The Hall–Kier alpha value is -1.95. The minimum Gasteiger partial charge on any atom is -0.477 e. The van der Waals surface area contributed by atoms with E-state index in [-0.39, 0.29) is 22.3 Å². The molecule has 4 nitrogen and oxygen atoms in total. The summed E-state index contributed by atoms with van der Waals surface area (Å²) in [6, 6.07) is 1.56. The molecule has 3 rings (SSSR count). The third-order valence-corrected chi connectivity index (χ3v) is 3.63. The maximum absolute atomic E-state index is 13.5. The van der Waals surface area contributed by atoms with Crippen molar-refractivity contribution in [1.82, 2.24) is 4.57 Å². The highest BCUT2D eigenvalue weighted by atomic mass is 35.5. The SMILES string of the molecule is O=C(O)c1cn([C@@H]2C[C@@H]2F)c2cc(Cl)c(F)cc2c1=O. The van der Waals surface area contributed by atoms with Crippen molar-refractivity contribution in [2.24, 2.45) is 0 Å². The molecule has 1 fully saturated rings. The molecule has 0 aliphatic heterocycles. The smallest absolute Gasteiger partial charge is 0.341 e. The molecular weight excluding hydrogens is 292 g/mol. The van der Waals surface area contributed by atoms with E-state index in [1.54, 1.807) is 0 Å². The van der Waals surface area contributed by atoms with Crippen LogP contribution in [0.2, 0.25) is 5.02 Å². The van der Waals surface area contributed by atoms with Crippen LogP contribution in [0.5, 0.6) is 0 Å². The summed E-state index contributed by atoms with van der Waals surface area (Å²) in [5.41, 5.74) is -1.09. The van der Waals surface area contributed by atoms with Gasteiger partial charge in [-0.3, -0.25) is 4.79 Å². The van der Waals surface area contributed by atoms with Crippen molar-refractivity contribution in [1.29, 1.82) is 0 Å². The van der Waals surface area contributed by atoms with Crippen LogP contribution in [0.15, 0.2) is 23.1 Å². The summed E-state index contributed by atoms with van der Waals surface area (Å²) in [6.45, 7) is 0. The van der Waals surface area contributed by atoms with E-state index < -0.39 is 35.0 Å². The number of hydrogen-bond donors (Lipinski definition) is 1. The van der Waals surface area contributed by atoms with Crippen LogP contribution >= 0.6 is 11.6 Å². The van der Waals surface area contributed by atoms with Crippen LogP contribution < -0.4 is 5.43 Å². The lowest BCUT2D eigenvalue weighted by molar-refractivity contribution is 0.0694. The Morgan fingerprint density at radius 2 is 2.10 bits per heavy atom. The Morgan fingerprint density at radius 1 is 1.45 bits per heavy atom. The minimum atomic E-state index is -1.43. The van der Waals surface area contributed by atoms with Crippen LogP contribution in [0.4, 0.5) is 8.78 Å². The molecule has 7 heteroatoms. The van der Waals surface area contributed by atoms with Gasteiger partial charge in [-0.15, -0.1) is 0 Å². The Balaban J connectivity index is 2.41. The number of halogens is 3. The zero-order chi connectivity index (χ0) is 14.6. The molecule has 1 N–H and O–H groups in total. The highest BCUT2D eigenvalue weighted by molar-refractivity contribution is 6.31. The minimum absolute atomic E-state index is 0.120. The largest absolute Gasteiger partial charge is 0.477 e. The Morgan fingerprint density at radius 3 is 2.65 bits per heavy atom. The lowest BCUT2D eigenvalue weighted by Crippen LogP contribution is -2.19. The molecule has 1 saturated carbocycles. The van der Waals surface area contributed by atoms with Gasteiger partial charge in [-0.1, -0.05) is 11.6 Å². The van der Waals surface area contributed by atoms with E-state index in [1.165, 1.54) is 10.6 Å². The molecule has 20 heavy (non-hydrogen) atoms. The quantitative estimate of drug-likeness (QED) is 0.927. The van der Waals surface area contributed by atoms with Crippen molar-refractivity contribution in [3.63, 3.8) is 0 Å². The fourth-order valence-electron chi connectivity index (χ4n) is 2.21. The van der Waals surface area contributed by atoms with Crippen molar-refractivity contribution in [2.75, 3.05) is 0 Å². The molecule has 2 atom stereocenters. The van der Waals surface area contributed by atoms with E-state index in [9.17, 15) is 18.4 Å². The number of carbonyl (C=O) groups is 1. The molecule has 0 amide bonds. The first-order valence-electron chi connectivity index (χ1n) is 5.81. The van der Waals surface area contributed by atoms with E-state index in [1.807, 2.05) is 0 Å². The number of alkyl halides is 1. The predicted octanol–water partition coefficient (Wildman–Crippen LogP) is 2.78. The number of aromatic nitrogens is 1. The molecule has 2 aromatic rings. The van der Waals surface area contributed by atoms with Crippen molar-refractivity contribution >= 4 is 28.5 Å². The van der Waals surface area contributed by atoms with Gasteiger partial charge in [-0.05, 0) is 12.1 Å². The number of pyridine rings is 1. The molecular formula is C13H8ClF2NO3. The van der Waals surface area contributed by atoms with Crippen LogP contribution in [0.3, 0.4) is 0 Å². The van der Waals surface area contributed by atoms with Gasteiger partial charge in [0, 0.05) is 18.0 Å². The number of rotatable bonds is 2. The highest BCUT2D eigenvalue weighted by Crippen LogP contribution is 2.40. The van der Waals surface area contributed by atoms with Gasteiger partial charge in [0.2, 0.25) is 5.43 Å². The number of carboxylic acid groups (broad SMARTS) is 1. The monoisotopic (exact) mass is 299 g/mol. The van der Waals surface area contributed by atoms with Crippen LogP contribution in [0, 0.1) is 5.82 Å². The molecule has 1 aliphatic rings. The van der Waals surface area contributed by atoms with Gasteiger partial charge >= 0.3 is 5.97 Å². The van der Waals surface area contributed by atoms with Gasteiger partial charge < -0.3 is 9.67 Å². The second-order valence-corrected chi connectivity index (χ2v) is 5.09. The van der Waals surface area contributed by atoms with Crippen LogP contribution in [-0.2, 0) is 0 Å². The standard InChI is InChI=1S/C13H8ClF2NO3/c14-7-2-10-5(1-8(7)15)12(18)6(13(19)20)4-17(10)11-3-9(11)16/h1-2,4,9,11H,3H2,(H,19,20)/t9-,11+/m0/s1. The molecule has 0 radical (unpaired) electrons. The summed E-state index contributed by atoms with van der Waals surface area (Å²) in [5.74, 6) is -2.25. The van der Waals surface area contributed by atoms with Crippen LogP contribution in [0.25, 0.3) is 10.9 Å². The van der Waals surface area contributed by atoms with E-state index in [0.717, 1.165) is 12.3 Å². The van der Waals surface area contributed by atoms with Gasteiger partial charge in [-0.25, -0.2) is 13.6 Å². The van der Waals surface area contributed by atoms with Crippen LogP contribution in [-0.4, -0.2) is 21.8 Å². The van der Waals surface area contributed by atoms with E-state index in [2.05, 4.69) is 0 Å². The molecule has 0 bridgehead atoms. The van der Waals surface area contributed by atoms with Gasteiger partial charge in [-0.2, -0.15) is 0 Å². The van der Waals surface area contributed by atoms with Crippen molar-refractivity contribution in [3.05, 3.63) is 45.0 Å². The fourth-order valence-corrected chi connectivity index (χ4v) is 2.37. The first-order valence-corrected chi connectivity index (χ1v) is 6.19. The zero-order valence-corrected chi connectivity index (χ0v) is 10.7. The van der Waals surface area contributed by atoms with Crippen molar-refractivity contribution in [2.45, 2.75) is 18.6 Å². The van der Waals surface area contributed by atoms with Crippen molar-refractivity contribution < 1.29 is 18.7 Å². The number of nitrogens with zero attached hydrogens (tertiary/aromatic N) is 1. The van der Waals surface area contributed by atoms with Gasteiger partial charge in [0.05, 0.1) is 16.6 Å². The van der Waals surface area contributed by atoms with Gasteiger partial charge in [0.15, 0.2) is 0 Å². The van der Waals surface area contributed by atoms with Gasteiger partial charge in [0.25, 0.3) is 0 Å². The second-order valence-electron chi connectivity index (χ2n) is 4.69. The Bertz CT molecular complexity index is 802. The summed E-state index contributed by atoms with van der Waals surface area (Å²) in [6.07, 6.45) is 0.212. The Labute approximate surface area is 116 Å². The summed E-state index contributed by atoms with van der Waals surface area (Å²) in [4.78, 5) is 23.1. The maximum atomic E-state index is 13.5. The van der Waals surface area contributed by atoms with Crippen LogP contribution in [0.1, 0.15) is 22.8 Å². The lowest BCUT2D eigenvalue weighted by atomic mass is 10.1. The highest BCUT2D eigenvalue weighted by Gasteiger charge is 2.40. The summed E-state index contributed by atoms with van der Waals surface area (Å²) >= 11 is 5.68. The number of carboxylic acids is 1. The normalized spacial score (nSPS) is 21.1. The molecule has 1 aromatic heterocycles. The average Bonchev–Trinajstić information content (AvgIpc) is 3.09. The molecule has 1 heterocycles. The van der Waals surface area contributed by atoms with Crippen molar-refractivity contribution in [3.8, 4) is 0 Å². The molecule has 1 aliphatic carbocycles. The number of fused-ring (bicyclic) bond motifs is 1. The first-order chi connectivity index (χ1) is 9.40. The lowest BCUT2D eigenvalue weighted by Gasteiger charge is -2.12. The number of benzene rings is 1. The average molecular weight is 300 g/mol. The fraction of sp³-hybridized carbons (Fsp3) is 0.231. The zero-order valence-electron chi connectivity index (χ0n) is 9.94. The second kappa shape index (κ2) is 4.28. The summed E-state index contributed by atoms with van der Waals surface area (Å²) in [5, 5.41) is 8.69. The number of hydrogen-bond acceptors (Lipinski definition) is 2. The third-order valence-electron chi connectivity index (χ3n) is 3.34. The van der Waals surface area contributed by atoms with E-state index in [4.69, 9.17) is 16.7 Å². The molecule has 104 valence electrons. The first kappa shape index (κ1) is 13.1.